The smallest absolute Gasteiger partial charge is 0.416 e. The topological polar surface area (TPSA) is 127 Å². The van der Waals surface area contributed by atoms with Crippen LogP contribution >= 0.6 is 11.6 Å². The minimum atomic E-state index is -4.55. The van der Waals surface area contributed by atoms with Crippen LogP contribution in [-0.2, 0) is 25.3 Å². The summed E-state index contributed by atoms with van der Waals surface area (Å²) in [6.45, 7) is 3.91. The molecule has 10 nitrogen and oxygen atoms in total. The van der Waals surface area contributed by atoms with Crippen LogP contribution in [0.4, 0.5) is 18.9 Å². The fourth-order valence-electron chi connectivity index (χ4n) is 2.95. The molecule has 0 fully saturated rings. The molecule has 0 bridgehead atoms. The van der Waals surface area contributed by atoms with Gasteiger partial charge >= 0.3 is 18.0 Å². The van der Waals surface area contributed by atoms with E-state index in [0.717, 1.165) is 12.1 Å². The van der Waals surface area contributed by atoms with Gasteiger partial charge in [-0.25, -0.2) is 5.43 Å². The van der Waals surface area contributed by atoms with Crippen molar-refractivity contribution in [2.45, 2.75) is 32.5 Å². The second-order valence-electron chi connectivity index (χ2n) is 8.18. The number of benzene rings is 2. The lowest BCUT2D eigenvalue weighted by molar-refractivity contribution is -0.139. The van der Waals surface area contributed by atoms with Crippen molar-refractivity contribution in [1.29, 1.82) is 0 Å². The van der Waals surface area contributed by atoms with E-state index in [0.29, 0.717) is 18.6 Å². The van der Waals surface area contributed by atoms with E-state index < -0.39 is 36.1 Å². The second kappa shape index (κ2) is 14.9. The Labute approximate surface area is 227 Å². The zero-order valence-corrected chi connectivity index (χ0v) is 22.1. The number of alkyl halides is 3. The van der Waals surface area contributed by atoms with Crippen LogP contribution in [0.15, 0.2) is 41.5 Å². The molecule has 3 N–H and O–H groups in total. The van der Waals surface area contributed by atoms with Crippen molar-refractivity contribution in [3.63, 3.8) is 0 Å². The van der Waals surface area contributed by atoms with Gasteiger partial charge in [0, 0.05) is 18.8 Å². The minimum absolute atomic E-state index is 0.000341. The van der Waals surface area contributed by atoms with Gasteiger partial charge in [0.2, 0.25) is 0 Å². The summed E-state index contributed by atoms with van der Waals surface area (Å²) in [4.78, 5) is 35.9. The first kappa shape index (κ1) is 31.4. The lowest BCUT2D eigenvalue weighted by Gasteiger charge is -2.14. The van der Waals surface area contributed by atoms with Crippen molar-refractivity contribution in [3.8, 4) is 11.5 Å². The van der Waals surface area contributed by atoms with Crippen molar-refractivity contribution in [1.82, 2.24) is 10.7 Å². The third-order valence-corrected chi connectivity index (χ3v) is 5.00. The SMILES string of the molecule is COc1cc(/C=N\NC(=O)C(=O)NCCCOC(C)C)cc(Cl)c1OCC(=O)Nc1cccc(C(F)(F)F)c1. The number of carbonyl (C=O) groups is 3. The average Bonchev–Trinajstić information content (AvgIpc) is 2.86. The van der Waals surface area contributed by atoms with Gasteiger partial charge in [0.05, 0.1) is 30.0 Å². The number of hydrogen-bond acceptors (Lipinski definition) is 7. The van der Waals surface area contributed by atoms with E-state index in [1.54, 1.807) is 0 Å². The number of ether oxygens (including phenoxy) is 3. The Hall–Kier alpha value is -3.84. The fraction of sp³-hybridized carbons (Fsp3) is 0.360. The molecule has 0 aliphatic carbocycles. The summed E-state index contributed by atoms with van der Waals surface area (Å²) < 4.78 is 54.6. The first-order valence-electron chi connectivity index (χ1n) is 11.6. The number of rotatable bonds is 12. The molecule has 0 radical (unpaired) electrons. The molecule has 2 rings (SSSR count). The third-order valence-electron chi connectivity index (χ3n) is 4.72. The van der Waals surface area contributed by atoms with Gasteiger partial charge in [-0.1, -0.05) is 17.7 Å². The van der Waals surface area contributed by atoms with Gasteiger partial charge in [0.1, 0.15) is 0 Å². The number of methoxy groups -OCH3 is 1. The van der Waals surface area contributed by atoms with Crippen LogP contribution in [0, 0.1) is 0 Å². The van der Waals surface area contributed by atoms with Gasteiger partial charge in [-0.05, 0) is 56.2 Å². The van der Waals surface area contributed by atoms with Crippen LogP contribution in [0.5, 0.6) is 11.5 Å². The maximum atomic E-state index is 12.9. The average molecular weight is 573 g/mol. The molecule has 0 heterocycles. The number of anilines is 1. The number of nitrogens with one attached hydrogen (secondary N) is 3. The summed E-state index contributed by atoms with van der Waals surface area (Å²) in [6.07, 6.45) is -2.73. The highest BCUT2D eigenvalue weighted by atomic mass is 35.5. The molecule has 0 aliphatic heterocycles. The van der Waals surface area contributed by atoms with Crippen LogP contribution < -0.4 is 25.5 Å². The van der Waals surface area contributed by atoms with Gasteiger partial charge in [-0.15, -0.1) is 0 Å². The summed E-state index contributed by atoms with van der Waals surface area (Å²) in [6, 6.07) is 6.99. The maximum Gasteiger partial charge on any atom is 0.416 e. The maximum absolute atomic E-state index is 12.9. The largest absolute Gasteiger partial charge is 0.493 e. The van der Waals surface area contributed by atoms with Gasteiger partial charge in [-0.3, -0.25) is 14.4 Å². The van der Waals surface area contributed by atoms with Crippen LogP contribution in [0.3, 0.4) is 0 Å². The first-order valence-corrected chi connectivity index (χ1v) is 12.0. The van der Waals surface area contributed by atoms with E-state index in [2.05, 4.69) is 21.2 Å². The molecule has 0 aromatic heterocycles. The highest BCUT2D eigenvalue weighted by Gasteiger charge is 2.30. The Morgan fingerprint density at radius 1 is 1.13 bits per heavy atom. The van der Waals surface area contributed by atoms with E-state index in [9.17, 15) is 27.6 Å². The van der Waals surface area contributed by atoms with Crippen molar-refractivity contribution < 1.29 is 41.8 Å². The summed E-state index contributed by atoms with van der Waals surface area (Å²) in [5.74, 6) is -2.45. The summed E-state index contributed by atoms with van der Waals surface area (Å²) in [7, 11) is 1.32. The summed E-state index contributed by atoms with van der Waals surface area (Å²) in [5, 5.41) is 8.49. The molecule has 0 saturated heterocycles. The zero-order valence-electron chi connectivity index (χ0n) is 21.4. The molecule has 14 heteroatoms. The molecule has 0 saturated carbocycles. The van der Waals surface area contributed by atoms with E-state index >= 15 is 0 Å². The number of carbonyl (C=O) groups excluding carboxylic acids is 3. The molecular weight excluding hydrogens is 545 g/mol. The van der Waals surface area contributed by atoms with Crippen molar-refractivity contribution >= 4 is 41.2 Å². The minimum Gasteiger partial charge on any atom is -0.493 e. The molecule has 0 atom stereocenters. The Morgan fingerprint density at radius 3 is 2.54 bits per heavy atom. The van der Waals surface area contributed by atoms with Crippen LogP contribution in [0.25, 0.3) is 0 Å². The molecular formula is C25H28ClF3N4O6. The number of halogens is 4. The van der Waals surface area contributed by atoms with Gasteiger partial charge in [0.25, 0.3) is 5.91 Å². The predicted octanol–water partition coefficient (Wildman–Crippen LogP) is 3.77. The standard InChI is InChI=1S/C25H28ClF3N4O6/c1-15(2)38-9-5-8-30-23(35)24(36)33-31-13-16-10-19(26)22(20(11-16)37-3)39-14-21(34)32-18-7-4-6-17(12-18)25(27,28)29/h4,6-7,10-13,15H,5,8-9,14H2,1-3H3,(H,30,35)(H,32,34)(H,33,36)/b31-13-. The molecule has 2 aromatic rings. The number of hydrogen-bond donors (Lipinski definition) is 3. The Bertz CT molecular complexity index is 1190. The van der Waals surface area contributed by atoms with Crippen LogP contribution in [0.2, 0.25) is 5.02 Å². The highest BCUT2D eigenvalue weighted by molar-refractivity contribution is 6.35. The Morgan fingerprint density at radius 2 is 1.87 bits per heavy atom. The quantitative estimate of drug-likeness (QED) is 0.154. The number of nitrogens with zero attached hydrogens (tertiary/aromatic N) is 1. The van der Waals surface area contributed by atoms with Crippen molar-refractivity contribution in [2.75, 3.05) is 32.2 Å². The van der Waals surface area contributed by atoms with Crippen LogP contribution in [0.1, 0.15) is 31.4 Å². The van der Waals surface area contributed by atoms with Gasteiger partial charge < -0.3 is 24.8 Å². The molecule has 0 aliphatic rings. The van der Waals surface area contributed by atoms with Gasteiger partial charge in [0.15, 0.2) is 18.1 Å². The first-order chi connectivity index (χ1) is 18.4. The Balaban J connectivity index is 1.91. The molecule has 2 aromatic carbocycles. The van der Waals surface area contributed by atoms with Crippen molar-refractivity contribution in [2.24, 2.45) is 5.10 Å². The van der Waals surface area contributed by atoms with E-state index in [1.807, 2.05) is 13.8 Å². The summed E-state index contributed by atoms with van der Waals surface area (Å²) in [5.41, 5.74) is 1.49. The zero-order chi connectivity index (χ0) is 29.0. The molecule has 0 unspecified atom stereocenters. The van der Waals surface area contributed by atoms with E-state index in [-0.39, 0.29) is 34.9 Å². The number of amides is 3. The van der Waals surface area contributed by atoms with Crippen molar-refractivity contribution in [3.05, 3.63) is 52.5 Å². The second-order valence-corrected chi connectivity index (χ2v) is 8.58. The molecule has 39 heavy (non-hydrogen) atoms. The Kier molecular flexibility index (Phi) is 12.0. The molecule has 0 spiro atoms. The monoisotopic (exact) mass is 572 g/mol. The summed E-state index contributed by atoms with van der Waals surface area (Å²) >= 11 is 6.24. The third kappa shape index (κ3) is 10.8. The number of hydrazone groups is 1. The predicted molar refractivity (Wildman–Crippen MR) is 138 cm³/mol. The lowest BCUT2D eigenvalue weighted by Crippen LogP contribution is -2.38. The van der Waals surface area contributed by atoms with Crippen LogP contribution in [-0.4, -0.2) is 56.9 Å². The van der Waals surface area contributed by atoms with E-state index in [4.69, 9.17) is 25.8 Å². The molecule has 3 amide bonds. The highest BCUT2D eigenvalue weighted by Crippen LogP contribution is 2.36. The molecule has 212 valence electrons. The lowest BCUT2D eigenvalue weighted by atomic mass is 10.2. The fourth-order valence-corrected chi connectivity index (χ4v) is 3.23. The van der Waals surface area contributed by atoms with E-state index in [1.165, 1.54) is 37.6 Å². The van der Waals surface area contributed by atoms with Gasteiger partial charge in [-0.2, -0.15) is 18.3 Å². The normalized spacial score (nSPS) is 11.4.